The molecule has 0 spiro atoms. The summed E-state index contributed by atoms with van der Waals surface area (Å²) in [5, 5.41) is 0. The van der Waals surface area contributed by atoms with Crippen molar-refractivity contribution in [1.82, 2.24) is 4.90 Å². The monoisotopic (exact) mass is 248 g/mol. The molecule has 1 atom stereocenters. The molecule has 0 bridgehead atoms. The zero-order valence-electron chi connectivity index (χ0n) is 10.8. The number of halogens is 1. The van der Waals surface area contributed by atoms with Gasteiger partial charge in [-0.25, -0.2) is 4.39 Å². The topological polar surface area (TPSA) is 6.48 Å². The maximum Gasteiger partial charge on any atom is 0.125 e. The normalized spacial score (nSPS) is 25.6. The van der Waals surface area contributed by atoms with Crippen LogP contribution in [-0.2, 0) is 0 Å². The fraction of sp³-hybridized carbons (Fsp3) is 0.600. The van der Waals surface area contributed by atoms with E-state index in [0.29, 0.717) is 6.04 Å². The first-order valence-corrected chi connectivity index (χ1v) is 7.07. The summed E-state index contributed by atoms with van der Waals surface area (Å²) in [6.45, 7) is 4.57. The standard InChI is InChI=1S/C15H21FN2/c16-13-5-3-7-14(11-13)18-10-4-9-17-8-2-1-6-15(17)12-18/h3,5,7,11,15H,1-2,4,6,8-10,12H2. The molecule has 2 saturated heterocycles. The average molecular weight is 248 g/mol. The van der Waals surface area contributed by atoms with E-state index in [1.807, 2.05) is 12.1 Å². The molecule has 2 fully saturated rings. The zero-order valence-corrected chi connectivity index (χ0v) is 10.8. The number of piperidine rings is 1. The van der Waals surface area contributed by atoms with Crippen LogP contribution in [0.25, 0.3) is 0 Å². The summed E-state index contributed by atoms with van der Waals surface area (Å²) in [4.78, 5) is 4.99. The quantitative estimate of drug-likeness (QED) is 0.754. The highest BCUT2D eigenvalue weighted by Crippen LogP contribution is 2.24. The van der Waals surface area contributed by atoms with E-state index >= 15 is 0 Å². The third kappa shape index (κ3) is 2.51. The van der Waals surface area contributed by atoms with Crippen molar-refractivity contribution >= 4 is 5.69 Å². The van der Waals surface area contributed by atoms with Gasteiger partial charge in [-0.3, -0.25) is 4.90 Å². The first-order valence-electron chi connectivity index (χ1n) is 7.07. The van der Waals surface area contributed by atoms with E-state index in [-0.39, 0.29) is 5.82 Å². The molecule has 3 heteroatoms. The summed E-state index contributed by atoms with van der Waals surface area (Å²) in [7, 11) is 0. The Morgan fingerprint density at radius 2 is 1.94 bits per heavy atom. The van der Waals surface area contributed by atoms with E-state index in [4.69, 9.17) is 0 Å². The van der Waals surface area contributed by atoms with Crippen molar-refractivity contribution in [2.75, 3.05) is 31.1 Å². The van der Waals surface area contributed by atoms with Crippen molar-refractivity contribution in [2.24, 2.45) is 0 Å². The van der Waals surface area contributed by atoms with Gasteiger partial charge in [0.2, 0.25) is 0 Å². The molecule has 2 aliphatic heterocycles. The molecule has 1 aromatic rings. The minimum atomic E-state index is -0.128. The Labute approximate surface area is 108 Å². The number of nitrogens with zero attached hydrogens (tertiary/aromatic N) is 2. The molecule has 1 aromatic carbocycles. The molecule has 0 saturated carbocycles. The summed E-state index contributed by atoms with van der Waals surface area (Å²) >= 11 is 0. The van der Waals surface area contributed by atoms with Gasteiger partial charge in [-0.1, -0.05) is 12.5 Å². The van der Waals surface area contributed by atoms with Gasteiger partial charge in [0.15, 0.2) is 0 Å². The van der Waals surface area contributed by atoms with Gasteiger partial charge in [0.25, 0.3) is 0 Å². The summed E-state index contributed by atoms with van der Waals surface area (Å²) < 4.78 is 13.3. The lowest BCUT2D eigenvalue weighted by atomic mass is 10.0. The third-order valence-electron chi connectivity index (χ3n) is 4.23. The van der Waals surface area contributed by atoms with Gasteiger partial charge in [0.1, 0.15) is 5.82 Å². The second-order valence-corrected chi connectivity index (χ2v) is 5.47. The number of rotatable bonds is 1. The maximum atomic E-state index is 13.3. The van der Waals surface area contributed by atoms with E-state index in [1.165, 1.54) is 44.8 Å². The molecule has 0 N–H and O–H groups in total. The van der Waals surface area contributed by atoms with E-state index in [1.54, 1.807) is 6.07 Å². The van der Waals surface area contributed by atoms with Crippen LogP contribution >= 0.6 is 0 Å². The van der Waals surface area contributed by atoms with Crippen LogP contribution in [0, 0.1) is 5.82 Å². The van der Waals surface area contributed by atoms with E-state index < -0.39 is 0 Å². The van der Waals surface area contributed by atoms with Crippen LogP contribution in [0.1, 0.15) is 25.7 Å². The van der Waals surface area contributed by atoms with Gasteiger partial charge in [-0.15, -0.1) is 0 Å². The van der Waals surface area contributed by atoms with Gasteiger partial charge < -0.3 is 4.90 Å². The molecule has 2 aliphatic rings. The van der Waals surface area contributed by atoms with Crippen LogP contribution in [0.15, 0.2) is 24.3 Å². The Morgan fingerprint density at radius 3 is 2.83 bits per heavy atom. The van der Waals surface area contributed by atoms with Gasteiger partial charge in [0, 0.05) is 31.4 Å². The zero-order chi connectivity index (χ0) is 12.4. The number of hydrogen-bond donors (Lipinski definition) is 0. The highest BCUT2D eigenvalue weighted by Gasteiger charge is 2.27. The van der Waals surface area contributed by atoms with Crippen molar-refractivity contribution in [2.45, 2.75) is 31.7 Å². The van der Waals surface area contributed by atoms with E-state index in [9.17, 15) is 4.39 Å². The number of anilines is 1. The molecule has 0 aromatic heterocycles. The highest BCUT2D eigenvalue weighted by molar-refractivity contribution is 5.46. The number of hydrogen-bond acceptors (Lipinski definition) is 2. The van der Waals surface area contributed by atoms with Gasteiger partial charge in [0.05, 0.1) is 0 Å². The van der Waals surface area contributed by atoms with Crippen LogP contribution in [0.5, 0.6) is 0 Å². The van der Waals surface area contributed by atoms with Crippen molar-refractivity contribution < 1.29 is 4.39 Å². The van der Waals surface area contributed by atoms with Gasteiger partial charge >= 0.3 is 0 Å². The predicted octanol–water partition coefficient (Wildman–Crippen LogP) is 2.89. The van der Waals surface area contributed by atoms with Gasteiger partial charge in [-0.05, 0) is 44.0 Å². The molecule has 0 aliphatic carbocycles. The molecule has 98 valence electrons. The number of benzene rings is 1. The molecule has 1 unspecified atom stereocenters. The maximum absolute atomic E-state index is 13.3. The third-order valence-corrected chi connectivity index (χ3v) is 4.23. The van der Waals surface area contributed by atoms with Gasteiger partial charge in [-0.2, -0.15) is 0 Å². The summed E-state index contributed by atoms with van der Waals surface area (Å²) in [6, 6.07) is 7.70. The Balaban J connectivity index is 1.76. The molecule has 18 heavy (non-hydrogen) atoms. The van der Waals surface area contributed by atoms with E-state index in [2.05, 4.69) is 9.80 Å². The van der Waals surface area contributed by atoms with Crippen LogP contribution in [-0.4, -0.2) is 37.1 Å². The summed E-state index contributed by atoms with van der Waals surface area (Å²) in [5.41, 5.74) is 1.04. The first kappa shape index (κ1) is 12.0. The molecular formula is C15H21FN2. The van der Waals surface area contributed by atoms with Crippen molar-refractivity contribution in [3.63, 3.8) is 0 Å². The van der Waals surface area contributed by atoms with Crippen LogP contribution in [0.4, 0.5) is 10.1 Å². The predicted molar refractivity (Wildman–Crippen MR) is 72.4 cm³/mol. The largest absolute Gasteiger partial charge is 0.370 e. The van der Waals surface area contributed by atoms with Crippen LogP contribution in [0.3, 0.4) is 0 Å². The number of fused-ring (bicyclic) bond motifs is 1. The smallest absolute Gasteiger partial charge is 0.125 e. The fourth-order valence-electron chi connectivity index (χ4n) is 3.28. The average Bonchev–Trinajstić information content (AvgIpc) is 2.60. The van der Waals surface area contributed by atoms with Crippen molar-refractivity contribution in [3.8, 4) is 0 Å². The Bertz CT molecular complexity index is 407. The highest BCUT2D eigenvalue weighted by atomic mass is 19.1. The summed E-state index contributed by atoms with van der Waals surface area (Å²) in [5.74, 6) is -0.128. The minimum absolute atomic E-state index is 0.128. The fourth-order valence-corrected chi connectivity index (χ4v) is 3.28. The molecule has 0 amide bonds. The molecule has 2 nitrogen and oxygen atoms in total. The summed E-state index contributed by atoms with van der Waals surface area (Å²) in [6.07, 6.45) is 5.17. The SMILES string of the molecule is Fc1cccc(N2CCCN3CCCCC3C2)c1. The molecule has 0 radical (unpaired) electrons. The van der Waals surface area contributed by atoms with Crippen molar-refractivity contribution in [3.05, 3.63) is 30.1 Å². The second kappa shape index (κ2) is 5.27. The lowest BCUT2D eigenvalue weighted by Gasteiger charge is -2.35. The van der Waals surface area contributed by atoms with Crippen LogP contribution < -0.4 is 4.90 Å². The lowest BCUT2D eigenvalue weighted by molar-refractivity contribution is 0.162. The Kier molecular flexibility index (Phi) is 3.50. The minimum Gasteiger partial charge on any atom is -0.370 e. The first-order chi connectivity index (χ1) is 8.83. The Hall–Kier alpha value is -1.09. The lowest BCUT2D eigenvalue weighted by Crippen LogP contribution is -2.44. The van der Waals surface area contributed by atoms with Crippen LogP contribution in [0.2, 0.25) is 0 Å². The van der Waals surface area contributed by atoms with E-state index in [0.717, 1.165) is 18.8 Å². The second-order valence-electron chi connectivity index (χ2n) is 5.47. The molecule has 2 heterocycles. The molecular weight excluding hydrogens is 227 g/mol. The molecule has 3 rings (SSSR count). The van der Waals surface area contributed by atoms with Crippen molar-refractivity contribution in [1.29, 1.82) is 0 Å². The Morgan fingerprint density at radius 1 is 1.06 bits per heavy atom.